The number of halogens is 2. The normalized spacial score (nSPS) is 11.7. The molecule has 1 aromatic carbocycles. The van der Waals surface area contributed by atoms with Crippen LogP contribution in [0.3, 0.4) is 0 Å². The van der Waals surface area contributed by atoms with E-state index in [0.717, 1.165) is 0 Å². The van der Waals surface area contributed by atoms with Gasteiger partial charge in [-0.1, -0.05) is 29.8 Å². The Morgan fingerprint density at radius 3 is 2.57 bits per heavy atom. The van der Waals surface area contributed by atoms with Gasteiger partial charge in [-0.05, 0) is 34.1 Å². The number of aromatic nitrogens is 1. The van der Waals surface area contributed by atoms with Gasteiger partial charge in [0.05, 0.1) is 5.56 Å². The summed E-state index contributed by atoms with van der Waals surface area (Å²) in [5.74, 6) is -1.75. The van der Waals surface area contributed by atoms with Crippen LogP contribution < -0.4 is 5.32 Å². The maximum absolute atomic E-state index is 12.2. The predicted octanol–water partition coefficient (Wildman–Crippen LogP) is 3.05. The maximum Gasteiger partial charge on any atom is 0.330 e. The molecule has 0 unspecified atom stereocenters. The van der Waals surface area contributed by atoms with Gasteiger partial charge in [0.25, 0.3) is 5.91 Å². The number of hydrogen-bond donors (Lipinski definition) is 2. The van der Waals surface area contributed by atoms with Crippen LogP contribution in [-0.4, -0.2) is 22.0 Å². The molecule has 0 saturated heterocycles. The molecular weight excluding hydrogens is 360 g/mol. The summed E-state index contributed by atoms with van der Waals surface area (Å²) in [5.41, 5.74) is 0.566. The molecular formula is C14H10BrClN2O3. The molecule has 0 aliphatic carbocycles. The highest BCUT2D eigenvalue weighted by molar-refractivity contribution is 9.10. The lowest BCUT2D eigenvalue weighted by Gasteiger charge is -2.16. The standard InChI is InChI=1S/C14H10BrClN2O3/c15-12-9(5-3-7-17-12)13(19)18-11(14(20)21)8-4-1-2-6-10(8)16/h1-7,11H,(H,18,19)(H,20,21)/t11-/m1/s1. The number of carboxylic acids is 1. The highest BCUT2D eigenvalue weighted by Gasteiger charge is 2.25. The third-order valence-electron chi connectivity index (χ3n) is 2.74. The summed E-state index contributed by atoms with van der Waals surface area (Å²) in [5, 5.41) is 12.0. The van der Waals surface area contributed by atoms with Gasteiger partial charge in [-0.25, -0.2) is 9.78 Å². The number of carbonyl (C=O) groups is 2. The van der Waals surface area contributed by atoms with Crippen LogP contribution in [0.4, 0.5) is 0 Å². The lowest BCUT2D eigenvalue weighted by molar-refractivity contribution is -0.139. The Morgan fingerprint density at radius 1 is 1.24 bits per heavy atom. The average molecular weight is 370 g/mol. The number of nitrogens with one attached hydrogen (secondary N) is 1. The zero-order chi connectivity index (χ0) is 15.4. The first-order valence-corrected chi connectivity index (χ1v) is 7.06. The minimum Gasteiger partial charge on any atom is -0.479 e. The zero-order valence-electron chi connectivity index (χ0n) is 10.6. The van der Waals surface area contributed by atoms with Crippen molar-refractivity contribution in [1.82, 2.24) is 10.3 Å². The van der Waals surface area contributed by atoms with Gasteiger partial charge in [-0.15, -0.1) is 0 Å². The Hall–Kier alpha value is -1.92. The molecule has 1 atom stereocenters. The smallest absolute Gasteiger partial charge is 0.330 e. The van der Waals surface area contributed by atoms with Crippen LogP contribution in [-0.2, 0) is 4.79 Å². The van der Waals surface area contributed by atoms with Crippen LogP contribution in [0.1, 0.15) is 22.0 Å². The molecule has 1 aromatic heterocycles. The van der Waals surface area contributed by atoms with E-state index in [-0.39, 0.29) is 10.6 Å². The molecule has 21 heavy (non-hydrogen) atoms. The summed E-state index contributed by atoms with van der Waals surface area (Å²) in [7, 11) is 0. The molecule has 1 heterocycles. The number of rotatable bonds is 4. The van der Waals surface area contributed by atoms with E-state index in [1.807, 2.05) is 0 Å². The average Bonchev–Trinajstić information content (AvgIpc) is 2.45. The SMILES string of the molecule is O=C(N[C@@H](C(=O)O)c1ccccc1Cl)c1cccnc1Br. The molecule has 0 saturated carbocycles. The number of nitrogens with zero attached hydrogens (tertiary/aromatic N) is 1. The molecule has 5 nitrogen and oxygen atoms in total. The third-order valence-corrected chi connectivity index (χ3v) is 3.72. The fraction of sp³-hybridized carbons (Fsp3) is 0.0714. The van der Waals surface area contributed by atoms with Crippen LogP contribution in [0.25, 0.3) is 0 Å². The van der Waals surface area contributed by atoms with E-state index >= 15 is 0 Å². The van der Waals surface area contributed by atoms with Gasteiger partial charge < -0.3 is 10.4 Å². The van der Waals surface area contributed by atoms with Crippen molar-refractivity contribution in [3.8, 4) is 0 Å². The molecule has 2 aromatic rings. The Kier molecular flexibility index (Phi) is 4.93. The van der Waals surface area contributed by atoms with E-state index in [0.29, 0.717) is 10.2 Å². The monoisotopic (exact) mass is 368 g/mol. The molecule has 1 amide bonds. The maximum atomic E-state index is 12.2. The van der Waals surface area contributed by atoms with Gasteiger partial charge in [-0.3, -0.25) is 4.79 Å². The number of hydrogen-bond acceptors (Lipinski definition) is 3. The first-order chi connectivity index (χ1) is 10.0. The van der Waals surface area contributed by atoms with Gasteiger partial charge in [0.1, 0.15) is 4.60 Å². The Labute approximate surface area is 134 Å². The molecule has 0 radical (unpaired) electrons. The Balaban J connectivity index is 2.30. The van der Waals surface area contributed by atoms with E-state index < -0.39 is 17.9 Å². The van der Waals surface area contributed by atoms with E-state index in [9.17, 15) is 14.7 Å². The van der Waals surface area contributed by atoms with Gasteiger partial charge in [0.2, 0.25) is 0 Å². The second-order valence-corrected chi connectivity index (χ2v) is 5.27. The van der Waals surface area contributed by atoms with Crippen molar-refractivity contribution in [2.24, 2.45) is 0 Å². The number of benzene rings is 1. The lowest BCUT2D eigenvalue weighted by Crippen LogP contribution is -2.34. The summed E-state index contributed by atoms with van der Waals surface area (Å²) in [4.78, 5) is 27.5. The molecule has 2 rings (SSSR count). The van der Waals surface area contributed by atoms with Crippen molar-refractivity contribution in [3.05, 3.63) is 63.3 Å². The van der Waals surface area contributed by atoms with Crippen molar-refractivity contribution >= 4 is 39.4 Å². The van der Waals surface area contributed by atoms with Crippen molar-refractivity contribution in [1.29, 1.82) is 0 Å². The summed E-state index contributed by atoms with van der Waals surface area (Å²) in [6, 6.07) is 8.35. The van der Waals surface area contributed by atoms with Gasteiger partial charge in [-0.2, -0.15) is 0 Å². The zero-order valence-corrected chi connectivity index (χ0v) is 12.9. The van der Waals surface area contributed by atoms with E-state index in [1.165, 1.54) is 12.3 Å². The molecule has 0 aliphatic heterocycles. The number of carbonyl (C=O) groups excluding carboxylic acids is 1. The topological polar surface area (TPSA) is 79.3 Å². The van der Waals surface area contributed by atoms with Crippen molar-refractivity contribution in [3.63, 3.8) is 0 Å². The van der Waals surface area contributed by atoms with Crippen LogP contribution in [0.2, 0.25) is 5.02 Å². The fourth-order valence-electron chi connectivity index (χ4n) is 1.75. The van der Waals surface area contributed by atoms with Gasteiger partial charge in [0.15, 0.2) is 6.04 Å². The number of carboxylic acid groups (broad SMARTS) is 1. The summed E-state index contributed by atoms with van der Waals surface area (Å²) in [6.45, 7) is 0. The number of amides is 1. The first kappa shape index (κ1) is 15.5. The Bertz CT molecular complexity index is 693. The van der Waals surface area contributed by atoms with E-state index in [1.54, 1.807) is 30.3 Å². The van der Waals surface area contributed by atoms with E-state index in [4.69, 9.17) is 11.6 Å². The molecule has 7 heteroatoms. The minimum absolute atomic E-state index is 0.246. The van der Waals surface area contributed by atoms with Crippen LogP contribution >= 0.6 is 27.5 Å². The highest BCUT2D eigenvalue weighted by atomic mass is 79.9. The molecule has 2 N–H and O–H groups in total. The summed E-state index contributed by atoms with van der Waals surface area (Å²) in [6.07, 6.45) is 1.52. The summed E-state index contributed by atoms with van der Waals surface area (Å²) >= 11 is 9.14. The second kappa shape index (κ2) is 6.69. The summed E-state index contributed by atoms with van der Waals surface area (Å²) < 4.78 is 0.339. The number of aliphatic carboxylic acids is 1. The van der Waals surface area contributed by atoms with Crippen molar-refractivity contribution < 1.29 is 14.7 Å². The van der Waals surface area contributed by atoms with Crippen molar-refractivity contribution in [2.45, 2.75) is 6.04 Å². The number of pyridine rings is 1. The first-order valence-electron chi connectivity index (χ1n) is 5.89. The molecule has 0 spiro atoms. The molecule has 0 bridgehead atoms. The largest absolute Gasteiger partial charge is 0.479 e. The third kappa shape index (κ3) is 3.59. The quantitative estimate of drug-likeness (QED) is 0.812. The highest BCUT2D eigenvalue weighted by Crippen LogP contribution is 2.23. The predicted molar refractivity (Wildman–Crippen MR) is 81.2 cm³/mol. The Morgan fingerprint density at radius 2 is 1.95 bits per heavy atom. The fourth-order valence-corrected chi connectivity index (χ4v) is 2.42. The molecule has 108 valence electrons. The van der Waals surface area contributed by atoms with Gasteiger partial charge in [0, 0.05) is 16.8 Å². The van der Waals surface area contributed by atoms with Crippen LogP contribution in [0.15, 0.2) is 47.2 Å². The molecule has 0 fully saturated rings. The van der Waals surface area contributed by atoms with E-state index in [2.05, 4.69) is 26.2 Å². The second-order valence-electron chi connectivity index (χ2n) is 4.11. The van der Waals surface area contributed by atoms with Crippen LogP contribution in [0, 0.1) is 0 Å². The lowest BCUT2D eigenvalue weighted by atomic mass is 10.1. The molecule has 0 aliphatic rings. The van der Waals surface area contributed by atoms with Crippen LogP contribution in [0.5, 0.6) is 0 Å². The van der Waals surface area contributed by atoms with Crippen molar-refractivity contribution in [2.75, 3.05) is 0 Å². The van der Waals surface area contributed by atoms with Gasteiger partial charge >= 0.3 is 5.97 Å². The minimum atomic E-state index is -1.24.